The molecule has 0 spiro atoms. The summed E-state index contributed by atoms with van der Waals surface area (Å²) in [6, 6.07) is 10.5. The summed E-state index contributed by atoms with van der Waals surface area (Å²) >= 11 is 3.53. The van der Waals surface area contributed by atoms with E-state index in [0.29, 0.717) is 17.7 Å². The van der Waals surface area contributed by atoms with E-state index in [1.807, 2.05) is 18.2 Å². The van der Waals surface area contributed by atoms with E-state index in [0.717, 1.165) is 16.8 Å². The monoisotopic (exact) mass is 349 g/mol. The molecule has 0 aliphatic carbocycles. The summed E-state index contributed by atoms with van der Waals surface area (Å²) in [4.78, 5) is 11.1. The Bertz CT molecular complexity index is 717. The molecule has 1 N–H and O–H groups in total. The zero-order chi connectivity index (χ0) is 15.0. The first kappa shape index (κ1) is 14.1. The second-order valence-electron chi connectivity index (χ2n) is 4.89. The number of benzene rings is 2. The van der Waals surface area contributed by atoms with E-state index in [9.17, 15) is 9.18 Å². The topological polar surface area (TPSA) is 38.3 Å². The van der Waals surface area contributed by atoms with Gasteiger partial charge in [-0.05, 0) is 23.3 Å². The van der Waals surface area contributed by atoms with Gasteiger partial charge >= 0.3 is 0 Å². The lowest BCUT2D eigenvalue weighted by Gasteiger charge is -2.14. The van der Waals surface area contributed by atoms with Crippen molar-refractivity contribution < 1.29 is 13.9 Å². The molecule has 2 aromatic rings. The minimum Gasteiger partial charge on any atom is -0.497 e. The van der Waals surface area contributed by atoms with E-state index in [-0.39, 0.29) is 16.6 Å². The number of hydrogen-bond acceptors (Lipinski definition) is 2. The van der Waals surface area contributed by atoms with E-state index < -0.39 is 0 Å². The van der Waals surface area contributed by atoms with Crippen LogP contribution in [-0.2, 0) is 11.2 Å². The molecule has 0 aromatic heterocycles. The molecule has 2 aromatic carbocycles. The lowest BCUT2D eigenvalue weighted by Crippen LogP contribution is -2.03. The molecule has 1 aliphatic heterocycles. The molecule has 0 bridgehead atoms. The molecule has 21 heavy (non-hydrogen) atoms. The van der Waals surface area contributed by atoms with Crippen molar-refractivity contribution in [2.75, 3.05) is 12.4 Å². The van der Waals surface area contributed by atoms with Crippen LogP contribution in [0.25, 0.3) is 0 Å². The second kappa shape index (κ2) is 5.48. The number of ether oxygens (including phenoxy) is 1. The van der Waals surface area contributed by atoms with Crippen LogP contribution in [0.4, 0.5) is 10.1 Å². The fraction of sp³-hybridized carbons (Fsp3) is 0.188. The number of alkyl halides is 1. The van der Waals surface area contributed by atoms with Gasteiger partial charge in [-0.2, -0.15) is 0 Å². The first-order chi connectivity index (χ1) is 10.1. The minimum atomic E-state index is -0.328. The molecule has 0 saturated carbocycles. The fourth-order valence-corrected chi connectivity index (χ4v) is 3.08. The van der Waals surface area contributed by atoms with Gasteiger partial charge in [0.15, 0.2) is 0 Å². The van der Waals surface area contributed by atoms with Crippen molar-refractivity contribution in [1.29, 1.82) is 0 Å². The third kappa shape index (κ3) is 2.65. The average Bonchev–Trinajstić information content (AvgIpc) is 2.85. The summed E-state index contributed by atoms with van der Waals surface area (Å²) in [5.41, 5.74) is 3.22. The number of halogens is 2. The van der Waals surface area contributed by atoms with Gasteiger partial charge < -0.3 is 10.1 Å². The highest BCUT2D eigenvalue weighted by Gasteiger charge is 2.21. The summed E-state index contributed by atoms with van der Waals surface area (Å²) in [5.74, 6) is 0.148. The van der Waals surface area contributed by atoms with Crippen LogP contribution >= 0.6 is 15.9 Å². The summed E-state index contributed by atoms with van der Waals surface area (Å²) in [6.07, 6.45) is 0.369. The number of nitrogens with one attached hydrogen (secondary N) is 1. The minimum absolute atomic E-state index is 0.0103. The van der Waals surface area contributed by atoms with Gasteiger partial charge in [-0.15, -0.1) is 0 Å². The average molecular weight is 350 g/mol. The molecular weight excluding hydrogens is 337 g/mol. The first-order valence-electron chi connectivity index (χ1n) is 6.48. The third-order valence-corrected chi connectivity index (χ3v) is 4.55. The molecule has 0 radical (unpaired) electrons. The molecule has 1 atom stereocenters. The van der Waals surface area contributed by atoms with Gasteiger partial charge in [0, 0.05) is 17.3 Å². The maximum absolute atomic E-state index is 14.1. The number of fused-ring (bicyclic) bond motifs is 1. The van der Waals surface area contributed by atoms with E-state index >= 15 is 0 Å². The Morgan fingerprint density at radius 2 is 2.10 bits per heavy atom. The number of amides is 1. The van der Waals surface area contributed by atoms with Gasteiger partial charge in [-0.3, -0.25) is 4.79 Å². The van der Waals surface area contributed by atoms with Crippen LogP contribution in [0.1, 0.15) is 21.5 Å². The Kier molecular flexibility index (Phi) is 3.68. The van der Waals surface area contributed by atoms with Crippen LogP contribution in [-0.4, -0.2) is 13.0 Å². The molecule has 0 saturated heterocycles. The second-order valence-corrected chi connectivity index (χ2v) is 5.81. The van der Waals surface area contributed by atoms with Gasteiger partial charge in [0.2, 0.25) is 5.91 Å². The summed E-state index contributed by atoms with van der Waals surface area (Å²) < 4.78 is 19.1. The SMILES string of the molecule is COc1ccc(C(Br)c2ccc3c(c2)CC(=O)N3)c(F)c1. The first-order valence-corrected chi connectivity index (χ1v) is 7.40. The van der Waals surface area contributed by atoms with E-state index in [1.54, 1.807) is 12.1 Å². The van der Waals surface area contributed by atoms with E-state index in [2.05, 4.69) is 21.2 Å². The molecule has 0 fully saturated rings. The van der Waals surface area contributed by atoms with Crippen LogP contribution < -0.4 is 10.1 Å². The predicted octanol–water partition coefficient (Wildman–Crippen LogP) is 3.81. The molecule has 3 nitrogen and oxygen atoms in total. The van der Waals surface area contributed by atoms with E-state index in [1.165, 1.54) is 13.2 Å². The molecule has 1 heterocycles. The fourth-order valence-electron chi connectivity index (χ4n) is 2.43. The summed E-state index contributed by atoms with van der Waals surface area (Å²) in [6.45, 7) is 0. The van der Waals surface area contributed by atoms with Crippen molar-refractivity contribution in [2.24, 2.45) is 0 Å². The molecule has 3 rings (SSSR count). The Labute approximate surface area is 130 Å². The van der Waals surface area contributed by atoms with Crippen LogP contribution in [0.5, 0.6) is 5.75 Å². The molecule has 1 aliphatic rings. The van der Waals surface area contributed by atoms with Gasteiger partial charge in [0.05, 0.1) is 18.4 Å². The Morgan fingerprint density at radius 3 is 2.81 bits per heavy atom. The number of anilines is 1. The van der Waals surface area contributed by atoms with Crippen LogP contribution in [0.15, 0.2) is 36.4 Å². The number of rotatable bonds is 3. The number of carbonyl (C=O) groups excluding carboxylic acids is 1. The summed E-state index contributed by atoms with van der Waals surface area (Å²) in [5, 5.41) is 2.78. The van der Waals surface area contributed by atoms with Gasteiger partial charge in [-0.1, -0.05) is 34.1 Å². The highest BCUT2D eigenvalue weighted by molar-refractivity contribution is 9.09. The van der Waals surface area contributed by atoms with Gasteiger partial charge in [-0.25, -0.2) is 4.39 Å². The molecule has 1 unspecified atom stereocenters. The largest absolute Gasteiger partial charge is 0.497 e. The van der Waals surface area contributed by atoms with Gasteiger partial charge in [0.25, 0.3) is 0 Å². The smallest absolute Gasteiger partial charge is 0.228 e. The highest BCUT2D eigenvalue weighted by Crippen LogP contribution is 2.36. The normalized spacial score (nSPS) is 14.5. The number of carbonyl (C=O) groups is 1. The van der Waals surface area contributed by atoms with Crippen LogP contribution in [0.3, 0.4) is 0 Å². The number of hydrogen-bond donors (Lipinski definition) is 1. The van der Waals surface area contributed by atoms with Gasteiger partial charge in [0.1, 0.15) is 11.6 Å². The lowest BCUT2D eigenvalue weighted by atomic mass is 10.0. The quantitative estimate of drug-likeness (QED) is 0.855. The van der Waals surface area contributed by atoms with Crippen molar-refractivity contribution in [3.8, 4) is 5.75 Å². The van der Waals surface area contributed by atoms with Crippen LogP contribution in [0.2, 0.25) is 0 Å². The third-order valence-electron chi connectivity index (χ3n) is 3.53. The predicted molar refractivity (Wildman–Crippen MR) is 82.5 cm³/mol. The zero-order valence-electron chi connectivity index (χ0n) is 11.3. The Morgan fingerprint density at radius 1 is 1.29 bits per heavy atom. The van der Waals surface area contributed by atoms with Crippen molar-refractivity contribution in [1.82, 2.24) is 0 Å². The van der Waals surface area contributed by atoms with Crippen molar-refractivity contribution in [3.63, 3.8) is 0 Å². The molecular formula is C16H13BrFNO2. The molecule has 5 heteroatoms. The molecule has 1 amide bonds. The number of methoxy groups -OCH3 is 1. The zero-order valence-corrected chi connectivity index (χ0v) is 12.9. The van der Waals surface area contributed by atoms with Crippen molar-refractivity contribution in [3.05, 3.63) is 58.9 Å². The van der Waals surface area contributed by atoms with Crippen LogP contribution in [0, 0.1) is 5.82 Å². The van der Waals surface area contributed by atoms with Crippen molar-refractivity contribution in [2.45, 2.75) is 11.2 Å². The standard InChI is InChI=1S/C16H13BrFNO2/c1-21-11-3-4-12(13(18)8-11)16(17)9-2-5-14-10(6-9)7-15(20)19-14/h2-6,8,16H,7H2,1H3,(H,19,20). The maximum Gasteiger partial charge on any atom is 0.228 e. The summed E-state index contributed by atoms with van der Waals surface area (Å²) in [7, 11) is 1.50. The highest BCUT2D eigenvalue weighted by atomic mass is 79.9. The maximum atomic E-state index is 14.1. The molecule has 108 valence electrons. The van der Waals surface area contributed by atoms with Crippen molar-refractivity contribution >= 4 is 27.5 Å². The lowest BCUT2D eigenvalue weighted by molar-refractivity contribution is -0.115. The Hall–Kier alpha value is -1.88. The van der Waals surface area contributed by atoms with E-state index in [4.69, 9.17) is 4.74 Å². The Balaban J connectivity index is 1.94.